The van der Waals surface area contributed by atoms with Crippen LogP contribution in [0, 0.1) is 27.7 Å². The summed E-state index contributed by atoms with van der Waals surface area (Å²) < 4.78 is 0. The van der Waals surface area contributed by atoms with Crippen LogP contribution in [-0.4, -0.2) is 6.04 Å². The van der Waals surface area contributed by atoms with Crippen LogP contribution in [0.25, 0.3) is 5.73 Å². The summed E-state index contributed by atoms with van der Waals surface area (Å²) >= 11 is 0. The van der Waals surface area contributed by atoms with E-state index in [0.717, 1.165) is 6.42 Å². The number of rotatable bonds is 0. The first-order chi connectivity index (χ1) is 3.80. The van der Waals surface area contributed by atoms with E-state index in [0.29, 0.717) is 5.92 Å². The summed E-state index contributed by atoms with van der Waals surface area (Å²) in [6, 6.07) is 0.142. The van der Waals surface area contributed by atoms with Gasteiger partial charge in [0, 0.05) is 0 Å². The van der Waals surface area contributed by atoms with Gasteiger partial charge in [0.1, 0.15) is 0 Å². The molecule has 2 heteroatoms. The fourth-order valence-corrected chi connectivity index (χ4v) is 1.21. The van der Waals surface area contributed by atoms with Crippen LogP contribution in [0.2, 0.25) is 0 Å². The van der Waals surface area contributed by atoms with E-state index in [1.807, 2.05) is 0 Å². The zero-order chi connectivity index (χ0) is 5.98. The quantitative estimate of drug-likeness (QED) is 0.606. The molecule has 0 saturated heterocycles. The van der Waals surface area contributed by atoms with Crippen LogP contribution in [0.1, 0.15) is 25.7 Å². The van der Waals surface area contributed by atoms with Crippen LogP contribution in [0.3, 0.4) is 0 Å². The van der Waals surface area contributed by atoms with E-state index < -0.39 is 0 Å². The van der Waals surface area contributed by atoms with Gasteiger partial charge in [-0.3, -0.25) is 0 Å². The van der Waals surface area contributed by atoms with Crippen molar-refractivity contribution in [1.29, 1.82) is 0 Å². The summed E-state index contributed by atoms with van der Waals surface area (Å²) in [6.07, 6.45) is 4.80. The second-order valence-electron chi connectivity index (χ2n) is 2.65. The van der Waals surface area contributed by atoms with Crippen molar-refractivity contribution in [3.05, 3.63) is 27.5 Å². The van der Waals surface area contributed by atoms with Crippen LogP contribution in [0.15, 0.2) is 0 Å². The Morgan fingerprint density at radius 1 is 1.09 bits per heavy atom. The molecule has 0 aromatic heterocycles. The first-order valence-corrected chi connectivity index (χ1v) is 3.35. The Morgan fingerprint density at radius 2 is 1.55 bits per heavy atom. The normalized spacial score (nSPS) is 28.9. The maximum Gasteiger partial charge on any atom is 4.00 e. The topological polar surface area (TPSA) is 23.8 Å². The van der Waals surface area contributed by atoms with Gasteiger partial charge in [-0.25, -0.2) is 0 Å². The molecule has 0 bridgehead atoms. The van der Waals surface area contributed by atoms with Gasteiger partial charge < -0.3 is 27.5 Å². The van der Waals surface area contributed by atoms with Gasteiger partial charge in [0.05, 0.1) is 0 Å². The Balaban J connectivity index is -0.000000213. The Kier molecular flexibility index (Phi) is 14.0. The summed E-state index contributed by atoms with van der Waals surface area (Å²) in [5.74, 6) is 0.420. The van der Waals surface area contributed by atoms with Gasteiger partial charge in [-0.2, -0.15) is 12.0 Å². The van der Waals surface area contributed by atoms with Crippen LogP contribution in [-0.2, 0) is 21.1 Å². The van der Waals surface area contributed by atoms with Crippen molar-refractivity contribution >= 4 is 0 Å². The molecular formula is C9H19NPt. The summed E-state index contributed by atoms with van der Waals surface area (Å²) in [5.41, 5.74) is 7.42. The summed E-state index contributed by atoms with van der Waals surface area (Å²) in [5, 5.41) is 0. The maximum atomic E-state index is 7.42. The molecule has 1 N–H and O–H groups in total. The average Bonchev–Trinajstić information content (AvgIpc) is 1.77. The molecule has 1 saturated carbocycles. The van der Waals surface area contributed by atoms with Crippen molar-refractivity contribution in [2.45, 2.75) is 31.7 Å². The molecule has 0 aromatic carbocycles. The Bertz CT molecular complexity index is 66.0. The summed E-state index contributed by atoms with van der Waals surface area (Å²) in [4.78, 5) is 0. The fourth-order valence-electron chi connectivity index (χ4n) is 1.21. The summed E-state index contributed by atoms with van der Waals surface area (Å²) in [7, 11) is 0. The third kappa shape index (κ3) is 5.87. The van der Waals surface area contributed by atoms with Gasteiger partial charge in [0.15, 0.2) is 0 Å². The van der Waals surface area contributed by atoms with Gasteiger partial charge >= 0.3 is 21.1 Å². The van der Waals surface area contributed by atoms with Gasteiger partial charge in [0.2, 0.25) is 0 Å². The van der Waals surface area contributed by atoms with Crippen LogP contribution in [0.5, 0.6) is 0 Å². The van der Waals surface area contributed by atoms with Crippen LogP contribution in [0.4, 0.5) is 0 Å². The zero-order valence-corrected chi connectivity index (χ0v) is 9.78. The minimum Gasteiger partial charge on any atom is -0.677 e. The molecule has 1 rings (SSSR count). The molecule has 1 aliphatic carbocycles. The Morgan fingerprint density at radius 3 is 1.82 bits per heavy atom. The van der Waals surface area contributed by atoms with Crippen LogP contribution >= 0.6 is 0 Å². The van der Waals surface area contributed by atoms with E-state index in [1.54, 1.807) is 0 Å². The molecule has 11 heavy (non-hydrogen) atoms. The SMILES string of the molecule is [CH2-]C1CCCCC1[NH-].[CH3-].[CH3-].[Pt+4]. The number of hydrogen-bond acceptors (Lipinski definition) is 0. The predicted molar refractivity (Wildman–Crippen MR) is 48.3 cm³/mol. The molecular weight excluding hydrogens is 317 g/mol. The molecule has 1 nitrogen and oxygen atoms in total. The van der Waals surface area contributed by atoms with Gasteiger partial charge in [-0.15, -0.1) is 0 Å². The van der Waals surface area contributed by atoms with E-state index in [1.165, 1.54) is 19.3 Å². The first-order valence-electron chi connectivity index (χ1n) is 3.35. The monoisotopic (exact) mass is 336 g/mol. The zero-order valence-electron chi connectivity index (χ0n) is 7.51. The van der Waals surface area contributed by atoms with Gasteiger partial charge in [-0.1, -0.05) is 25.7 Å². The minimum absolute atomic E-state index is 0. The van der Waals surface area contributed by atoms with Crippen molar-refractivity contribution in [3.63, 3.8) is 0 Å². The fraction of sp³-hybridized carbons (Fsp3) is 0.667. The van der Waals surface area contributed by atoms with Crippen molar-refractivity contribution < 1.29 is 21.1 Å². The predicted octanol–water partition coefficient (Wildman–Crippen LogP) is 3.33. The second-order valence-corrected chi connectivity index (χ2v) is 2.65. The van der Waals surface area contributed by atoms with E-state index in [4.69, 9.17) is 5.73 Å². The molecule has 1 fully saturated rings. The van der Waals surface area contributed by atoms with Crippen LogP contribution < -0.4 is 0 Å². The Hall–Kier alpha value is 0.648. The molecule has 0 heterocycles. The smallest absolute Gasteiger partial charge is 0.677 e. The first kappa shape index (κ1) is 17.7. The summed E-state index contributed by atoms with van der Waals surface area (Å²) in [6.45, 7) is 3.89. The van der Waals surface area contributed by atoms with Crippen molar-refractivity contribution in [3.8, 4) is 0 Å². The molecule has 70 valence electrons. The van der Waals surface area contributed by atoms with E-state index in [9.17, 15) is 0 Å². The van der Waals surface area contributed by atoms with E-state index >= 15 is 0 Å². The third-order valence-electron chi connectivity index (χ3n) is 1.91. The second kappa shape index (κ2) is 8.74. The largest absolute Gasteiger partial charge is 4.00 e. The van der Waals surface area contributed by atoms with Crippen molar-refractivity contribution in [2.24, 2.45) is 5.92 Å². The number of hydrogen-bond donors (Lipinski definition) is 0. The van der Waals surface area contributed by atoms with Crippen molar-refractivity contribution in [1.82, 2.24) is 0 Å². The third-order valence-corrected chi connectivity index (χ3v) is 1.91. The molecule has 2 atom stereocenters. The molecule has 0 amide bonds. The minimum atomic E-state index is 0. The van der Waals surface area contributed by atoms with E-state index in [2.05, 4.69) is 6.92 Å². The molecule has 0 radical (unpaired) electrons. The van der Waals surface area contributed by atoms with E-state index in [-0.39, 0.29) is 42.0 Å². The standard InChI is InChI=1S/C7H13N.2CH3.Pt/c1-6-4-2-3-5-7(6)8;;;/h6-8H,1-5H2;2*1H3;/q-2;2*-1;+4. The average molecular weight is 336 g/mol. The van der Waals surface area contributed by atoms with Crippen molar-refractivity contribution in [2.75, 3.05) is 0 Å². The molecule has 0 aromatic rings. The maximum absolute atomic E-state index is 7.42. The molecule has 0 spiro atoms. The van der Waals surface area contributed by atoms with Gasteiger partial charge in [-0.05, 0) is 0 Å². The number of nitrogens with one attached hydrogen (secondary N) is 1. The molecule has 0 aliphatic heterocycles. The Labute approximate surface area is 86.4 Å². The van der Waals surface area contributed by atoms with Gasteiger partial charge in [0.25, 0.3) is 0 Å². The molecule has 1 aliphatic rings. The molecule has 2 unspecified atom stereocenters.